The minimum absolute atomic E-state index is 0.0969. The van der Waals surface area contributed by atoms with Gasteiger partial charge in [0.15, 0.2) is 0 Å². The Balaban J connectivity index is 1.73. The average Bonchev–Trinajstić information content (AvgIpc) is 3.15. The molecule has 0 saturated carbocycles. The molecule has 1 atom stereocenters. The van der Waals surface area contributed by atoms with E-state index in [-0.39, 0.29) is 11.9 Å². The third-order valence-electron chi connectivity index (χ3n) is 4.32. The molecule has 1 unspecified atom stereocenters. The Bertz CT molecular complexity index is 892. The molecule has 0 bridgehead atoms. The molecule has 1 aliphatic rings. The summed E-state index contributed by atoms with van der Waals surface area (Å²) >= 11 is 0. The molecular formula is C21H17N3O. The lowest BCUT2D eigenvalue weighted by atomic mass is 9.99. The lowest BCUT2D eigenvalue weighted by Gasteiger charge is -2.21. The van der Waals surface area contributed by atoms with Gasteiger partial charge in [-0.05, 0) is 29.3 Å². The summed E-state index contributed by atoms with van der Waals surface area (Å²) < 4.78 is 0. The van der Waals surface area contributed by atoms with Gasteiger partial charge in [0, 0.05) is 24.4 Å². The largest absolute Gasteiger partial charge is 0.274 e. The predicted octanol–water partition coefficient (Wildman–Crippen LogP) is 4.07. The summed E-state index contributed by atoms with van der Waals surface area (Å²) in [5.41, 5.74) is 3.58. The molecule has 3 aromatic rings. The molecule has 1 aromatic heterocycles. The van der Waals surface area contributed by atoms with Crippen molar-refractivity contribution in [3.05, 3.63) is 102 Å². The van der Waals surface area contributed by atoms with Crippen LogP contribution in [0.4, 0.5) is 0 Å². The summed E-state index contributed by atoms with van der Waals surface area (Å²) in [6, 6.07) is 23.0. The number of hydrogen-bond donors (Lipinski definition) is 0. The first-order chi connectivity index (χ1) is 12.3. The first-order valence-corrected chi connectivity index (χ1v) is 8.24. The number of hydrazone groups is 1. The van der Waals surface area contributed by atoms with E-state index in [9.17, 15) is 4.79 Å². The van der Waals surface area contributed by atoms with E-state index in [1.807, 2.05) is 72.8 Å². The van der Waals surface area contributed by atoms with Crippen molar-refractivity contribution in [2.24, 2.45) is 5.10 Å². The number of aromatic nitrogens is 1. The molecule has 4 nitrogen and oxygen atoms in total. The van der Waals surface area contributed by atoms with Gasteiger partial charge in [-0.15, -0.1) is 0 Å². The Labute approximate surface area is 146 Å². The third kappa shape index (κ3) is 3.06. The van der Waals surface area contributed by atoms with Crippen LogP contribution in [0.3, 0.4) is 0 Å². The van der Waals surface area contributed by atoms with Gasteiger partial charge in [0.05, 0.1) is 11.8 Å². The Morgan fingerprint density at radius 1 is 0.920 bits per heavy atom. The van der Waals surface area contributed by atoms with Crippen molar-refractivity contribution >= 4 is 11.6 Å². The standard InChI is InChI=1S/C21H17N3O/c25-21(17-10-5-2-6-11-17)24-20(18-12-7-13-22-15-18)14-19(23-24)16-8-3-1-4-9-16/h1-13,15,20H,14H2. The van der Waals surface area contributed by atoms with Crippen LogP contribution in [-0.2, 0) is 0 Å². The van der Waals surface area contributed by atoms with Crippen LogP contribution in [0.1, 0.15) is 33.9 Å². The molecule has 0 radical (unpaired) electrons. The van der Waals surface area contributed by atoms with Crippen LogP contribution in [-0.4, -0.2) is 21.6 Å². The molecule has 1 aliphatic heterocycles. The van der Waals surface area contributed by atoms with Crippen LogP contribution in [0, 0.1) is 0 Å². The van der Waals surface area contributed by atoms with Crippen LogP contribution in [0.2, 0.25) is 0 Å². The number of hydrogen-bond acceptors (Lipinski definition) is 3. The van der Waals surface area contributed by atoms with E-state index in [1.54, 1.807) is 17.4 Å². The number of carbonyl (C=O) groups is 1. The van der Waals surface area contributed by atoms with E-state index < -0.39 is 0 Å². The number of carbonyl (C=O) groups excluding carboxylic acids is 1. The maximum atomic E-state index is 13.0. The van der Waals surface area contributed by atoms with Crippen molar-refractivity contribution in [2.75, 3.05) is 0 Å². The van der Waals surface area contributed by atoms with Crippen molar-refractivity contribution in [3.8, 4) is 0 Å². The summed E-state index contributed by atoms with van der Waals surface area (Å²) in [6.07, 6.45) is 4.22. The number of benzene rings is 2. The van der Waals surface area contributed by atoms with Crippen LogP contribution in [0.15, 0.2) is 90.3 Å². The van der Waals surface area contributed by atoms with Crippen molar-refractivity contribution in [1.82, 2.24) is 9.99 Å². The van der Waals surface area contributed by atoms with Gasteiger partial charge in [0.2, 0.25) is 0 Å². The van der Waals surface area contributed by atoms with Crippen LogP contribution in [0.5, 0.6) is 0 Å². The first-order valence-electron chi connectivity index (χ1n) is 8.24. The lowest BCUT2D eigenvalue weighted by molar-refractivity contribution is 0.0711. The fourth-order valence-corrected chi connectivity index (χ4v) is 3.05. The van der Waals surface area contributed by atoms with E-state index in [2.05, 4.69) is 10.1 Å². The van der Waals surface area contributed by atoms with Crippen LogP contribution in [0.25, 0.3) is 0 Å². The lowest BCUT2D eigenvalue weighted by Crippen LogP contribution is -2.27. The van der Waals surface area contributed by atoms with Gasteiger partial charge in [0.25, 0.3) is 5.91 Å². The summed E-state index contributed by atoms with van der Waals surface area (Å²) in [5, 5.41) is 6.26. The molecular weight excluding hydrogens is 310 g/mol. The van der Waals surface area contributed by atoms with Gasteiger partial charge in [-0.25, -0.2) is 5.01 Å². The Kier molecular flexibility index (Phi) is 4.09. The minimum atomic E-state index is -0.142. The summed E-state index contributed by atoms with van der Waals surface area (Å²) in [4.78, 5) is 17.2. The summed E-state index contributed by atoms with van der Waals surface area (Å²) in [5.74, 6) is -0.0969. The highest BCUT2D eigenvalue weighted by Gasteiger charge is 2.33. The molecule has 0 spiro atoms. The molecule has 4 heteroatoms. The van der Waals surface area contributed by atoms with Gasteiger partial charge in [-0.1, -0.05) is 54.6 Å². The van der Waals surface area contributed by atoms with E-state index in [0.717, 1.165) is 16.8 Å². The molecule has 4 rings (SSSR count). The highest BCUT2D eigenvalue weighted by molar-refractivity contribution is 6.05. The molecule has 2 heterocycles. The van der Waals surface area contributed by atoms with Crippen molar-refractivity contribution in [1.29, 1.82) is 0 Å². The highest BCUT2D eigenvalue weighted by atomic mass is 16.2. The number of nitrogens with zero attached hydrogens (tertiary/aromatic N) is 3. The zero-order valence-electron chi connectivity index (χ0n) is 13.6. The molecule has 0 fully saturated rings. The SMILES string of the molecule is O=C(c1ccccc1)N1N=C(c2ccccc2)CC1c1cccnc1. The second-order valence-corrected chi connectivity index (χ2v) is 5.93. The fourth-order valence-electron chi connectivity index (χ4n) is 3.05. The summed E-state index contributed by atoms with van der Waals surface area (Å²) in [7, 11) is 0. The summed E-state index contributed by atoms with van der Waals surface area (Å²) in [6.45, 7) is 0. The van der Waals surface area contributed by atoms with Gasteiger partial charge < -0.3 is 0 Å². The first kappa shape index (κ1) is 15.3. The quantitative estimate of drug-likeness (QED) is 0.728. The molecule has 122 valence electrons. The van der Waals surface area contributed by atoms with Crippen LogP contribution >= 0.6 is 0 Å². The Morgan fingerprint density at radius 3 is 2.32 bits per heavy atom. The minimum Gasteiger partial charge on any atom is -0.267 e. The monoisotopic (exact) mass is 327 g/mol. The second kappa shape index (κ2) is 6.69. The smallest absolute Gasteiger partial charge is 0.267 e. The fraction of sp³-hybridized carbons (Fsp3) is 0.0952. The Morgan fingerprint density at radius 2 is 1.64 bits per heavy atom. The van der Waals surface area contributed by atoms with E-state index in [1.165, 1.54) is 0 Å². The van der Waals surface area contributed by atoms with Gasteiger partial charge in [-0.2, -0.15) is 5.10 Å². The molecule has 0 aliphatic carbocycles. The van der Waals surface area contributed by atoms with Gasteiger partial charge in [0.1, 0.15) is 0 Å². The molecule has 2 aromatic carbocycles. The zero-order chi connectivity index (χ0) is 17.1. The Hall–Kier alpha value is -3.27. The van der Waals surface area contributed by atoms with Gasteiger partial charge in [-0.3, -0.25) is 9.78 Å². The van der Waals surface area contributed by atoms with Gasteiger partial charge >= 0.3 is 0 Å². The third-order valence-corrected chi connectivity index (χ3v) is 4.32. The second-order valence-electron chi connectivity index (χ2n) is 5.93. The van der Waals surface area contributed by atoms with Crippen molar-refractivity contribution in [3.63, 3.8) is 0 Å². The van der Waals surface area contributed by atoms with Crippen LogP contribution < -0.4 is 0 Å². The normalized spacial score (nSPS) is 16.6. The molecule has 0 saturated heterocycles. The number of pyridine rings is 1. The van der Waals surface area contributed by atoms with Crippen molar-refractivity contribution in [2.45, 2.75) is 12.5 Å². The van der Waals surface area contributed by atoms with E-state index in [0.29, 0.717) is 12.0 Å². The average molecular weight is 327 g/mol. The number of amides is 1. The number of rotatable bonds is 3. The molecule has 25 heavy (non-hydrogen) atoms. The van der Waals surface area contributed by atoms with Crippen molar-refractivity contribution < 1.29 is 4.79 Å². The zero-order valence-corrected chi connectivity index (χ0v) is 13.6. The van der Waals surface area contributed by atoms with E-state index in [4.69, 9.17) is 0 Å². The highest BCUT2D eigenvalue weighted by Crippen LogP contribution is 2.33. The maximum Gasteiger partial charge on any atom is 0.274 e. The molecule has 0 N–H and O–H groups in total. The molecule has 1 amide bonds. The maximum absolute atomic E-state index is 13.0. The topological polar surface area (TPSA) is 45.6 Å². The van der Waals surface area contributed by atoms with E-state index >= 15 is 0 Å². The predicted molar refractivity (Wildman–Crippen MR) is 97.2 cm³/mol.